The van der Waals surface area contributed by atoms with E-state index in [1.807, 2.05) is 24.3 Å². The molecule has 174 valence electrons. The van der Waals surface area contributed by atoms with Crippen molar-refractivity contribution in [2.45, 2.75) is 24.3 Å². The molecule has 0 radical (unpaired) electrons. The van der Waals surface area contributed by atoms with Gasteiger partial charge in [0.25, 0.3) is 0 Å². The Labute approximate surface area is 189 Å². The van der Waals surface area contributed by atoms with E-state index in [4.69, 9.17) is 14.2 Å². The highest BCUT2D eigenvalue weighted by Gasteiger charge is 2.36. The number of hydrogen-bond acceptors (Lipinski definition) is 6. The predicted molar refractivity (Wildman–Crippen MR) is 120 cm³/mol. The minimum absolute atomic E-state index is 0.0408. The third-order valence-corrected chi connectivity index (χ3v) is 7.56. The molecule has 1 saturated heterocycles. The number of hydrogen-bond donors (Lipinski definition) is 0. The minimum Gasteiger partial charge on any atom is -0.497 e. The monoisotopic (exact) mass is 462 g/mol. The van der Waals surface area contributed by atoms with Crippen molar-refractivity contribution in [2.75, 3.05) is 41.5 Å². The Morgan fingerprint density at radius 2 is 1.69 bits per heavy atom. The van der Waals surface area contributed by atoms with Gasteiger partial charge in [-0.25, -0.2) is 8.42 Å². The van der Waals surface area contributed by atoms with Crippen LogP contribution in [0.5, 0.6) is 17.2 Å². The second-order valence-corrected chi connectivity index (χ2v) is 9.67. The molecule has 1 aliphatic heterocycles. The van der Waals surface area contributed by atoms with Gasteiger partial charge >= 0.3 is 0 Å². The molecule has 32 heavy (non-hydrogen) atoms. The molecule has 2 aromatic rings. The van der Waals surface area contributed by atoms with Gasteiger partial charge in [-0.3, -0.25) is 4.79 Å². The molecule has 0 N–H and O–H groups in total. The summed E-state index contributed by atoms with van der Waals surface area (Å²) in [4.78, 5) is 14.8. The molecule has 0 saturated carbocycles. The van der Waals surface area contributed by atoms with E-state index in [0.29, 0.717) is 31.7 Å². The van der Waals surface area contributed by atoms with Crippen molar-refractivity contribution in [3.63, 3.8) is 0 Å². The van der Waals surface area contributed by atoms with Crippen LogP contribution in [0.1, 0.15) is 18.4 Å². The first-order chi connectivity index (χ1) is 15.3. The Kier molecular flexibility index (Phi) is 7.63. The van der Waals surface area contributed by atoms with Crippen molar-refractivity contribution in [2.24, 2.45) is 5.92 Å². The Morgan fingerprint density at radius 1 is 1.03 bits per heavy atom. The molecule has 1 aliphatic rings. The largest absolute Gasteiger partial charge is 0.497 e. The van der Waals surface area contributed by atoms with Gasteiger partial charge in [-0.05, 0) is 42.7 Å². The lowest BCUT2D eigenvalue weighted by Gasteiger charge is -2.33. The summed E-state index contributed by atoms with van der Waals surface area (Å²) < 4.78 is 43.8. The van der Waals surface area contributed by atoms with E-state index in [-0.39, 0.29) is 23.1 Å². The smallest absolute Gasteiger partial charge is 0.246 e. The number of rotatable bonds is 8. The molecule has 1 heterocycles. The zero-order valence-corrected chi connectivity index (χ0v) is 19.7. The van der Waals surface area contributed by atoms with Crippen LogP contribution in [-0.2, 0) is 21.4 Å². The first-order valence-corrected chi connectivity index (χ1v) is 11.8. The van der Waals surface area contributed by atoms with E-state index < -0.39 is 15.9 Å². The Bertz CT molecular complexity index is 1040. The van der Waals surface area contributed by atoms with Crippen LogP contribution in [0.25, 0.3) is 0 Å². The standard InChI is InChI=1S/C23H30N2O6S/c1-24(15-17-7-9-19(29-2)10-8-17)23(26)18-6-5-13-25(16-18)32(27,28)22-14-20(30-3)11-12-21(22)31-4/h7-12,14,18H,5-6,13,15-16H2,1-4H3. The second-order valence-electron chi connectivity index (χ2n) is 7.76. The van der Waals surface area contributed by atoms with Crippen LogP contribution in [-0.4, -0.2) is 65.0 Å². The molecular formula is C23H30N2O6S. The number of piperidine rings is 1. The molecule has 1 fully saturated rings. The third kappa shape index (κ3) is 5.16. The lowest BCUT2D eigenvalue weighted by atomic mass is 9.98. The number of methoxy groups -OCH3 is 3. The fourth-order valence-corrected chi connectivity index (χ4v) is 5.58. The van der Waals surface area contributed by atoms with E-state index in [2.05, 4.69) is 0 Å². The molecule has 0 aromatic heterocycles. The van der Waals surface area contributed by atoms with Crippen molar-refractivity contribution in [1.82, 2.24) is 9.21 Å². The summed E-state index contributed by atoms with van der Waals surface area (Å²) in [5.74, 6) is 0.949. The van der Waals surface area contributed by atoms with Gasteiger partial charge in [0.1, 0.15) is 22.1 Å². The predicted octanol–water partition coefficient (Wildman–Crippen LogP) is 2.77. The number of nitrogens with zero attached hydrogens (tertiary/aromatic N) is 2. The minimum atomic E-state index is -3.85. The molecule has 1 amide bonds. The quantitative estimate of drug-likeness (QED) is 0.600. The maximum atomic E-state index is 13.4. The van der Waals surface area contributed by atoms with Gasteiger partial charge in [-0.1, -0.05) is 12.1 Å². The average Bonchev–Trinajstić information content (AvgIpc) is 2.83. The summed E-state index contributed by atoms with van der Waals surface area (Å²) in [5, 5.41) is 0. The molecule has 0 aliphatic carbocycles. The van der Waals surface area contributed by atoms with Crippen molar-refractivity contribution in [3.05, 3.63) is 48.0 Å². The molecule has 0 bridgehead atoms. The zero-order chi connectivity index (χ0) is 23.3. The molecule has 1 unspecified atom stereocenters. The molecule has 8 nitrogen and oxygen atoms in total. The van der Waals surface area contributed by atoms with E-state index >= 15 is 0 Å². The van der Waals surface area contributed by atoms with Gasteiger partial charge in [-0.2, -0.15) is 4.31 Å². The summed E-state index contributed by atoms with van der Waals surface area (Å²) >= 11 is 0. The van der Waals surface area contributed by atoms with E-state index in [9.17, 15) is 13.2 Å². The number of benzene rings is 2. The van der Waals surface area contributed by atoms with Gasteiger partial charge in [0.05, 0.1) is 27.2 Å². The number of carbonyl (C=O) groups excluding carboxylic acids is 1. The maximum Gasteiger partial charge on any atom is 0.246 e. The number of ether oxygens (including phenoxy) is 3. The molecule has 1 atom stereocenters. The van der Waals surface area contributed by atoms with Crippen molar-refractivity contribution < 1.29 is 27.4 Å². The molecule has 3 rings (SSSR count). The van der Waals surface area contributed by atoms with Gasteiger partial charge in [0, 0.05) is 32.7 Å². The van der Waals surface area contributed by atoms with E-state index in [1.54, 1.807) is 31.2 Å². The topological polar surface area (TPSA) is 85.4 Å². The number of carbonyl (C=O) groups is 1. The Balaban J connectivity index is 1.74. The molecular weight excluding hydrogens is 432 g/mol. The van der Waals surface area contributed by atoms with E-state index in [1.165, 1.54) is 24.6 Å². The highest BCUT2D eigenvalue weighted by Crippen LogP contribution is 2.33. The second kappa shape index (κ2) is 10.2. The van der Waals surface area contributed by atoms with Gasteiger partial charge in [0.15, 0.2) is 0 Å². The van der Waals surface area contributed by atoms with Gasteiger partial charge < -0.3 is 19.1 Å². The summed E-state index contributed by atoms with van der Waals surface area (Å²) in [5.41, 5.74) is 0.975. The normalized spacial score (nSPS) is 16.9. The van der Waals surface area contributed by atoms with Crippen LogP contribution in [0.4, 0.5) is 0 Å². The highest BCUT2D eigenvalue weighted by molar-refractivity contribution is 7.89. The SMILES string of the molecule is COc1ccc(CN(C)C(=O)C2CCCN(S(=O)(=O)c3cc(OC)ccc3OC)C2)cc1. The van der Waals surface area contributed by atoms with Crippen molar-refractivity contribution >= 4 is 15.9 Å². The lowest BCUT2D eigenvalue weighted by Crippen LogP contribution is -2.45. The average molecular weight is 463 g/mol. The van der Waals surface area contributed by atoms with E-state index in [0.717, 1.165) is 11.3 Å². The fraction of sp³-hybridized carbons (Fsp3) is 0.435. The maximum absolute atomic E-state index is 13.4. The Hall–Kier alpha value is -2.78. The highest BCUT2D eigenvalue weighted by atomic mass is 32.2. The van der Waals surface area contributed by atoms with Crippen LogP contribution >= 0.6 is 0 Å². The van der Waals surface area contributed by atoms with Gasteiger partial charge in [0.2, 0.25) is 15.9 Å². The van der Waals surface area contributed by atoms with Crippen molar-refractivity contribution in [3.8, 4) is 17.2 Å². The van der Waals surface area contributed by atoms with Crippen LogP contribution in [0.15, 0.2) is 47.4 Å². The third-order valence-electron chi connectivity index (χ3n) is 5.68. The summed E-state index contributed by atoms with van der Waals surface area (Å²) in [6.45, 7) is 0.930. The Morgan fingerprint density at radius 3 is 2.31 bits per heavy atom. The first kappa shape index (κ1) is 23.9. The zero-order valence-electron chi connectivity index (χ0n) is 18.9. The molecule has 9 heteroatoms. The summed E-state index contributed by atoms with van der Waals surface area (Å²) in [7, 11) is 2.40. The van der Waals surface area contributed by atoms with Crippen LogP contribution in [0, 0.1) is 5.92 Å². The van der Waals surface area contributed by atoms with Crippen LogP contribution < -0.4 is 14.2 Å². The summed E-state index contributed by atoms with van der Waals surface area (Å²) in [6.07, 6.45) is 1.26. The van der Waals surface area contributed by atoms with Gasteiger partial charge in [-0.15, -0.1) is 0 Å². The molecule has 2 aromatic carbocycles. The fourth-order valence-electron chi connectivity index (χ4n) is 3.88. The summed E-state index contributed by atoms with van der Waals surface area (Å²) in [6, 6.07) is 12.2. The number of amides is 1. The van der Waals surface area contributed by atoms with Crippen molar-refractivity contribution in [1.29, 1.82) is 0 Å². The van der Waals surface area contributed by atoms with Crippen LogP contribution in [0.3, 0.4) is 0 Å². The first-order valence-electron chi connectivity index (χ1n) is 10.4. The molecule has 0 spiro atoms. The van der Waals surface area contributed by atoms with Crippen LogP contribution in [0.2, 0.25) is 0 Å². The lowest BCUT2D eigenvalue weighted by molar-refractivity contribution is -0.135. The number of sulfonamides is 1.